The zero-order valence-electron chi connectivity index (χ0n) is 14.2. The van der Waals surface area contributed by atoms with E-state index >= 15 is 0 Å². The molecule has 134 valence electrons. The van der Waals surface area contributed by atoms with Gasteiger partial charge in [0.15, 0.2) is 0 Å². The first-order valence-corrected chi connectivity index (χ1v) is 9.98. The van der Waals surface area contributed by atoms with Crippen LogP contribution in [0.2, 0.25) is 0 Å². The summed E-state index contributed by atoms with van der Waals surface area (Å²) in [6.07, 6.45) is 5.67. The van der Waals surface area contributed by atoms with Crippen LogP contribution in [0.1, 0.15) is 62.7 Å². The van der Waals surface area contributed by atoms with Crippen LogP contribution in [0.15, 0.2) is 23.1 Å². The summed E-state index contributed by atoms with van der Waals surface area (Å²) in [5.41, 5.74) is 0.412. The molecule has 0 aromatic heterocycles. The normalized spacial score (nSPS) is 17.4. The second-order valence-electron chi connectivity index (χ2n) is 6.42. The van der Waals surface area contributed by atoms with Crippen molar-refractivity contribution in [1.29, 1.82) is 0 Å². The second-order valence-corrected chi connectivity index (χ2v) is 8.14. The van der Waals surface area contributed by atoms with Crippen LogP contribution in [0.3, 0.4) is 0 Å². The van der Waals surface area contributed by atoms with Crippen LogP contribution in [-0.2, 0) is 10.0 Å². The first-order valence-electron chi connectivity index (χ1n) is 8.49. The Hall–Kier alpha value is -1.60. The SMILES string of the molecule is CC[C@@H](C)Nc1ccc(S(=O)(=O)NC2CCCCC2)cc1C(=O)O. The molecule has 1 saturated carbocycles. The van der Waals surface area contributed by atoms with E-state index in [0.717, 1.165) is 38.5 Å². The van der Waals surface area contributed by atoms with E-state index < -0.39 is 16.0 Å². The van der Waals surface area contributed by atoms with Crippen LogP contribution in [0, 0.1) is 0 Å². The standard InChI is InChI=1S/C17H26N2O4S/c1-3-12(2)18-16-10-9-14(11-15(16)17(20)21)24(22,23)19-13-7-5-4-6-8-13/h9-13,18-19H,3-8H2,1-2H3,(H,20,21)/t12-/m1/s1. The number of hydrogen-bond acceptors (Lipinski definition) is 4. The summed E-state index contributed by atoms with van der Waals surface area (Å²) in [5, 5.41) is 12.5. The lowest BCUT2D eigenvalue weighted by atomic mass is 9.96. The molecular weight excluding hydrogens is 328 g/mol. The molecule has 1 atom stereocenters. The molecule has 0 heterocycles. The number of carboxylic acid groups (broad SMARTS) is 1. The zero-order chi connectivity index (χ0) is 17.7. The largest absolute Gasteiger partial charge is 0.478 e. The highest BCUT2D eigenvalue weighted by Crippen LogP contribution is 2.24. The minimum Gasteiger partial charge on any atom is -0.478 e. The molecule has 0 bridgehead atoms. The minimum atomic E-state index is -3.71. The molecule has 0 saturated heterocycles. The Morgan fingerprint density at radius 1 is 1.29 bits per heavy atom. The van der Waals surface area contributed by atoms with Gasteiger partial charge >= 0.3 is 5.97 Å². The van der Waals surface area contributed by atoms with E-state index in [0.29, 0.717) is 5.69 Å². The summed E-state index contributed by atoms with van der Waals surface area (Å²) in [7, 11) is -3.71. The van der Waals surface area contributed by atoms with Gasteiger partial charge in [-0.3, -0.25) is 0 Å². The molecule has 0 aliphatic heterocycles. The molecule has 0 amide bonds. The van der Waals surface area contributed by atoms with Gasteiger partial charge in [0, 0.05) is 17.8 Å². The van der Waals surface area contributed by atoms with E-state index in [2.05, 4.69) is 10.0 Å². The molecule has 1 fully saturated rings. The van der Waals surface area contributed by atoms with Crippen molar-refractivity contribution in [3.63, 3.8) is 0 Å². The van der Waals surface area contributed by atoms with Gasteiger partial charge in [-0.25, -0.2) is 17.9 Å². The van der Waals surface area contributed by atoms with E-state index in [9.17, 15) is 18.3 Å². The number of hydrogen-bond donors (Lipinski definition) is 3. The summed E-state index contributed by atoms with van der Waals surface area (Å²) in [6, 6.07) is 4.27. The molecule has 1 aromatic rings. The highest BCUT2D eigenvalue weighted by Gasteiger charge is 2.24. The first kappa shape index (κ1) is 18.7. The summed E-state index contributed by atoms with van der Waals surface area (Å²) in [6.45, 7) is 3.94. The van der Waals surface area contributed by atoms with Gasteiger partial charge in [-0.15, -0.1) is 0 Å². The topological polar surface area (TPSA) is 95.5 Å². The minimum absolute atomic E-state index is 0.000162. The fourth-order valence-corrected chi connectivity index (χ4v) is 4.20. The van der Waals surface area contributed by atoms with Crippen LogP contribution in [-0.4, -0.2) is 31.6 Å². The number of sulfonamides is 1. The Balaban J connectivity index is 2.26. The van der Waals surface area contributed by atoms with Crippen molar-refractivity contribution in [2.24, 2.45) is 0 Å². The van der Waals surface area contributed by atoms with Crippen LogP contribution in [0.4, 0.5) is 5.69 Å². The maximum absolute atomic E-state index is 12.5. The van der Waals surface area contributed by atoms with E-state index in [1.165, 1.54) is 18.2 Å². The van der Waals surface area contributed by atoms with Crippen LogP contribution >= 0.6 is 0 Å². The van der Waals surface area contributed by atoms with Crippen molar-refractivity contribution in [3.05, 3.63) is 23.8 Å². The predicted molar refractivity (Wildman–Crippen MR) is 94.0 cm³/mol. The predicted octanol–water partition coefficient (Wildman–Crippen LogP) is 3.21. The average Bonchev–Trinajstić information content (AvgIpc) is 2.55. The number of aromatic carboxylic acids is 1. The fourth-order valence-electron chi connectivity index (χ4n) is 2.87. The quantitative estimate of drug-likeness (QED) is 0.699. The van der Waals surface area contributed by atoms with Crippen molar-refractivity contribution >= 4 is 21.7 Å². The molecule has 24 heavy (non-hydrogen) atoms. The molecular formula is C17H26N2O4S. The van der Waals surface area contributed by atoms with Gasteiger partial charge in [0.2, 0.25) is 10.0 Å². The maximum Gasteiger partial charge on any atom is 0.337 e. The third-order valence-electron chi connectivity index (χ3n) is 4.47. The fraction of sp³-hybridized carbons (Fsp3) is 0.588. The van der Waals surface area contributed by atoms with Crippen LogP contribution in [0.5, 0.6) is 0 Å². The summed E-state index contributed by atoms with van der Waals surface area (Å²) in [4.78, 5) is 11.5. The first-order chi connectivity index (χ1) is 11.3. The number of carboxylic acids is 1. The third-order valence-corrected chi connectivity index (χ3v) is 5.99. The molecule has 3 N–H and O–H groups in total. The smallest absolute Gasteiger partial charge is 0.337 e. The van der Waals surface area contributed by atoms with Gasteiger partial charge in [-0.2, -0.15) is 0 Å². The number of rotatable bonds is 7. The molecule has 6 nitrogen and oxygen atoms in total. The van der Waals surface area contributed by atoms with Gasteiger partial charge in [-0.05, 0) is 44.4 Å². The van der Waals surface area contributed by atoms with Gasteiger partial charge in [0.1, 0.15) is 0 Å². The van der Waals surface area contributed by atoms with Gasteiger partial charge in [0.05, 0.1) is 10.5 Å². The Morgan fingerprint density at radius 3 is 2.54 bits per heavy atom. The molecule has 2 rings (SSSR count). The number of nitrogens with one attached hydrogen (secondary N) is 2. The summed E-state index contributed by atoms with van der Waals surface area (Å²) in [5.74, 6) is -1.14. The van der Waals surface area contributed by atoms with Crippen molar-refractivity contribution in [3.8, 4) is 0 Å². The Morgan fingerprint density at radius 2 is 1.96 bits per heavy atom. The highest BCUT2D eigenvalue weighted by molar-refractivity contribution is 7.89. The van der Waals surface area contributed by atoms with Crippen molar-refractivity contribution in [2.45, 2.75) is 69.4 Å². The van der Waals surface area contributed by atoms with Crippen molar-refractivity contribution < 1.29 is 18.3 Å². The lowest BCUT2D eigenvalue weighted by Crippen LogP contribution is -2.36. The Bertz CT molecular complexity index is 682. The zero-order valence-corrected chi connectivity index (χ0v) is 15.0. The monoisotopic (exact) mass is 354 g/mol. The van der Waals surface area contributed by atoms with Gasteiger partial charge in [0.25, 0.3) is 0 Å². The summed E-state index contributed by atoms with van der Waals surface area (Å²) >= 11 is 0. The van der Waals surface area contributed by atoms with E-state index in [1.54, 1.807) is 0 Å². The maximum atomic E-state index is 12.5. The molecule has 0 unspecified atom stereocenters. The van der Waals surface area contributed by atoms with Crippen LogP contribution in [0.25, 0.3) is 0 Å². The highest BCUT2D eigenvalue weighted by atomic mass is 32.2. The summed E-state index contributed by atoms with van der Waals surface area (Å²) < 4.78 is 27.8. The lowest BCUT2D eigenvalue weighted by molar-refractivity contribution is 0.0697. The van der Waals surface area contributed by atoms with Gasteiger partial charge in [-0.1, -0.05) is 26.2 Å². The number of anilines is 1. The number of carbonyl (C=O) groups is 1. The molecule has 1 aliphatic rings. The molecule has 0 radical (unpaired) electrons. The van der Waals surface area contributed by atoms with E-state index in [-0.39, 0.29) is 22.5 Å². The third kappa shape index (κ3) is 4.70. The Kier molecular flexibility index (Phi) is 6.23. The molecule has 1 aromatic carbocycles. The van der Waals surface area contributed by atoms with E-state index in [1.807, 2.05) is 13.8 Å². The average molecular weight is 354 g/mol. The van der Waals surface area contributed by atoms with E-state index in [4.69, 9.17) is 0 Å². The lowest BCUT2D eigenvalue weighted by Gasteiger charge is -2.23. The van der Waals surface area contributed by atoms with Crippen molar-refractivity contribution in [1.82, 2.24) is 4.72 Å². The number of benzene rings is 1. The van der Waals surface area contributed by atoms with Gasteiger partial charge < -0.3 is 10.4 Å². The Labute approximate surface area is 143 Å². The molecule has 7 heteroatoms. The molecule has 1 aliphatic carbocycles. The molecule has 0 spiro atoms. The van der Waals surface area contributed by atoms with Crippen molar-refractivity contribution in [2.75, 3.05) is 5.32 Å². The van der Waals surface area contributed by atoms with Crippen LogP contribution < -0.4 is 10.0 Å². The second kappa shape index (κ2) is 7.98.